The quantitative estimate of drug-likeness (QED) is 0.425. The Labute approximate surface area is 155 Å². The summed E-state index contributed by atoms with van der Waals surface area (Å²) in [4.78, 5) is 4.76. The minimum atomic E-state index is 0.895. The summed E-state index contributed by atoms with van der Waals surface area (Å²) in [6.45, 7) is 2.11. The second kappa shape index (κ2) is 7.37. The van der Waals surface area contributed by atoms with Crippen molar-refractivity contribution in [2.45, 2.75) is 13.3 Å². The number of pyridine rings is 1. The van der Waals surface area contributed by atoms with E-state index < -0.39 is 0 Å². The first kappa shape index (κ1) is 16.3. The summed E-state index contributed by atoms with van der Waals surface area (Å²) in [6, 6.07) is 31.9. The number of aromatic nitrogens is 1. The molecule has 0 fully saturated rings. The lowest BCUT2D eigenvalue weighted by atomic mass is 9.95. The smallest absolute Gasteiger partial charge is 0.0705 e. The lowest BCUT2D eigenvalue weighted by molar-refractivity contribution is 1.17. The molecule has 0 aliphatic heterocycles. The van der Waals surface area contributed by atoms with Crippen molar-refractivity contribution in [2.75, 3.05) is 0 Å². The Morgan fingerprint density at radius 2 is 1.35 bits per heavy atom. The van der Waals surface area contributed by atoms with Gasteiger partial charge in [-0.25, -0.2) is 0 Å². The molecule has 0 bridgehead atoms. The highest BCUT2D eigenvalue weighted by Crippen LogP contribution is 2.29. The Morgan fingerprint density at radius 3 is 2.04 bits per heavy atom. The van der Waals surface area contributed by atoms with Crippen LogP contribution in [0.1, 0.15) is 16.7 Å². The van der Waals surface area contributed by atoms with Gasteiger partial charge in [-0.05, 0) is 36.1 Å². The van der Waals surface area contributed by atoms with Gasteiger partial charge in [-0.3, -0.25) is 4.98 Å². The predicted octanol–water partition coefficient (Wildman–Crippen LogP) is 6.31. The van der Waals surface area contributed by atoms with Crippen molar-refractivity contribution in [3.05, 3.63) is 114 Å². The fraction of sp³-hybridized carbons (Fsp3) is 0.0800. The highest BCUT2D eigenvalue weighted by atomic mass is 14.7. The first-order chi connectivity index (χ1) is 12.8. The van der Waals surface area contributed by atoms with Crippen molar-refractivity contribution < 1.29 is 0 Å². The molecule has 0 aliphatic carbocycles. The summed E-state index contributed by atoms with van der Waals surface area (Å²) in [7, 11) is 0. The maximum absolute atomic E-state index is 4.76. The van der Waals surface area contributed by atoms with Gasteiger partial charge in [0.2, 0.25) is 0 Å². The molecule has 1 heterocycles. The molecule has 0 radical (unpaired) electrons. The van der Waals surface area contributed by atoms with Gasteiger partial charge in [-0.15, -0.1) is 0 Å². The zero-order valence-electron chi connectivity index (χ0n) is 14.9. The zero-order valence-corrected chi connectivity index (χ0v) is 14.9. The zero-order chi connectivity index (χ0) is 17.8. The van der Waals surface area contributed by atoms with Crippen LogP contribution in [-0.4, -0.2) is 4.98 Å². The Morgan fingerprint density at radius 1 is 0.692 bits per heavy atom. The molecule has 3 aromatic carbocycles. The lowest BCUT2D eigenvalue weighted by Crippen LogP contribution is -1.96. The largest absolute Gasteiger partial charge is 0.256 e. The van der Waals surface area contributed by atoms with E-state index in [1.807, 2.05) is 6.20 Å². The van der Waals surface area contributed by atoms with Crippen LogP contribution in [0.3, 0.4) is 0 Å². The average molecular weight is 335 g/mol. The third kappa shape index (κ3) is 3.57. The van der Waals surface area contributed by atoms with Crippen LogP contribution < -0.4 is 0 Å². The summed E-state index contributed by atoms with van der Waals surface area (Å²) in [5.41, 5.74) is 8.46. The molecule has 0 atom stereocenters. The summed E-state index contributed by atoms with van der Waals surface area (Å²) in [5, 5.41) is 0. The number of nitrogens with zero attached hydrogens (tertiary/aromatic N) is 1. The maximum atomic E-state index is 4.76. The highest BCUT2D eigenvalue weighted by molar-refractivity contribution is 5.71. The Kier molecular flexibility index (Phi) is 4.61. The molecular weight excluding hydrogens is 314 g/mol. The van der Waals surface area contributed by atoms with E-state index in [0.29, 0.717) is 0 Å². The minimum Gasteiger partial charge on any atom is -0.256 e. The first-order valence-electron chi connectivity index (χ1n) is 8.95. The van der Waals surface area contributed by atoms with Crippen molar-refractivity contribution in [1.29, 1.82) is 0 Å². The van der Waals surface area contributed by atoms with Crippen molar-refractivity contribution in [3.8, 4) is 22.4 Å². The first-order valence-corrected chi connectivity index (χ1v) is 8.95. The molecule has 1 nitrogen and oxygen atoms in total. The molecule has 0 amide bonds. The second-order valence-electron chi connectivity index (χ2n) is 6.62. The summed E-state index contributed by atoms with van der Waals surface area (Å²) in [5.74, 6) is 0. The van der Waals surface area contributed by atoms with Crippen molar-refractivity contribution in [3.63, 3.8) is 0 Å². The van der Waals surface area contributed by atoms with Crippen LogP contribution in [-0.2, 0) is 6.42 Å². The van der Waals surface area contributed by atoms with E-state index in [2.05, 4.69) is 97.9 Å². The van der Waals surface area contributed by atoms with E-state index >= 15 is 0 Å². The molecular formula is C25H21N. The van der Waals surface area contributed by atoms with Crippen LogP contribution in [0, 0.1) is 6.92 Å². The van der Waals surface area contributed by atoms with Crippen molar-refractivity contribution in [2.24, 2.45) is 0 Å². The monoisotopic (exact) mass is 335 g/mol. The van der Waals surface area contributed by atoms with Gasteiger partial charge in [0.1, 0.15) is 0 Å². The summed E-state index contributed by atoms with van der Waals surface area (Å²) >= 11 is 0. The molecule has 1 heteroatoms. The molecule has 26 heavy (non-hydrogen) atoms. The van der Waals surface area contributed by atoms with Crippen molar-refractivity contribution in [1.82, 2.24) is 4.98 Å². The molecule has 4 rings (SSSR count). The minimum absolute atomic E-state index is 0.895. The SMILES string of the molecule is Cc1ccc(-c2cc(Cc3ccccc3)c(-c3ccccc3)cn2)cc1. The number of hydrogen-bond donors (Lipinski definition) is 0. The molecule has 0 aliphatic rings. The fourth-order valence-corrected chi connectivity index (χ4v) is 3.22. The molecule has 0 spiro atoms. The Hall–Kier alpha value is -3.19. The predicted molar refractivity (Wildman–Crippen MR) is 109 cm³/mol. The van der Waals surface area contributed by atoms with E-state index in [0.717, 1.165) is 17.7 Å². The van der Waals surface area contributed by atoms with Gasteiger partial charge >= 0.3 is 0 Å². The van der Waals surface area contributed by atoms with Gasteiger partial charge in [0.25, 0.3) is 0 Å². The van der Waals surface area contributed by atoms with E-state index in [9.17, 15) is 0 Å². The molecule has 0 saturated heterocycles. The fourth-order valence-electron chi connectivity index (χ4n) is 3.22. The van der Waals surface area contributed by atoms with Gasteiger partial charge in [0.15, 0.2) is 0 Å². The van der Waals surface area contributed by atoms with Gasteiger partial charge in [-0.2, -0.15) is 0 Å². The summed E-state index contributed by atoms with van der Waals surface area (Å²) < 4.78 is 0. The van der Waals surface area contributed by atoms with Crippen LogP contribution in [0.4, 0.5) is 0 Å². The summed E-state index contributed by atoms with van der Waals surface area (Å²) in [6.07, 6.45) is 2.91. The highest BCUT2D eigenvalue weighted by Gasteiger charge is 2.10. The van der Waals surface area contributed by atoms with E-state index in [1.165, 1.54) is 27.8 Å². The molecule has 4 aromatic rings. The van der Waals surface area contributed by atoms with Crippen LogP contribution in [0.2, 0.25) is 0 Å². The lowest BCUT2D eigenvalue weighted by Gasteiger charge is -2.12. The van der Waals surface area contributed by atoms with Gasteiger partial charge < -0.3 is 0 Å². The molecule has 0 saturated carbocycles. The van der Waals surface area contributed by atoms with E-state index in [1.54, 1.807) is 0 Å². The Bertz CT molecular complexity index is 987. The number of benzene rings is 3. The number of rotatable bonds is 4. The number of aryl methyl sites for hydroxylation is 1. The van der Waals surface area contributed by atoms with Crippen LogP contribution in [0.25, 0.3) is 22.4 Å². The molecule has 1 aromatic heterocycles. The normalized spacial score (nSPS) is 10.7. The van der Waals surface area contributed by atoms with E-state index in [-0.39, 0.29) is 0 Å². The molecule has 126 valence electrons. The average Bonchev–Trinajstić information content (AvgIpc) is 2.70. The maximum Gasteiger partial charge on any atom is 0.0705 e. The molecule has 0 unspecified atom stereocenters. The molecule has 0 N–H and O–H groups in total. The van der Waals surface area contributed by atoms with Gasteiger partial charge in [0.05, 0.1) is 5.69 Å². The van der Waals surface area contributed by atoms with Crippen molar-refractivity contribution >= 4 is 0 Å². The van der Waals surface area contributed by atoms with Crippen LogP contribution in [0.15, 0.2) is 97.2 Å². The van der Waals surface area contributed by atoms with E-state index in [4.69, 9.17) is 4.98 Å². The van der Waals surface area contributed by atoms with Gasteiger partial charge in [0, 0.05) is 17.3 Å². The number of hydrogen-bond acceptors (Lipinski definition) is 1. The topological polar surface area (TPSA) is 12.9 Å². The third-order valence-electron chi connectivity index (χ3n) is 4.66. The Balaban J connectivity index is 1.80. The standard InChI is InChI=1S/C25H21N/c1-19-12-14-22(15-13-19)25-17-23(16-20-8-4-2-5-9-20)24(18-26-25)21-10-6-3-7-11-21/h2-15,17-18H,16H2,1H3. The van der Waals surface area contributed by atoms with Crippen LogP contribution >= 0.6 is 0 Å². The third-order valence-corrected chi connectivity index (χ3v) is 4.66. The second-order valence-corrected chi connectivity index (χ2v) is 6.62. The van der Waals surface area contributed by atoms with Crippen LogP contribution in [0.5, 0.6) is 0 Å². The van der Waals surface area contributed by atoms with Gasteiger partial charge in [-0.1, -0.05) is 90.5 Å².